The van der Waals surface area contributed by atoms with Crippen LogP contribution < -0.4 is 4.74 Å². The first-order chi connectivity index (χ1) is 7.63. The highest BCUT2D eigenvalue weighted by molar-refractivity contribution is 7.14. The highest BCUT2D eigenvalue weighted by Gasteiger charge is 2.28. The summed E-state index contributed by atoms with van der Waals surface area (Å²) in [7, 11) is 0. The molecule has 1 atom stereocenters. The van der Waals surface area contributed by atoms with Gasteiger partial charge in [0.05, 0.1) is 6.61 Å². The van der Waals surface area contributed by atoms with Crippen LogP contribution >= 0.6 is 11.3 Å². The van der Waals surface area contributed by atoms with Crippen molar-refractivity contribution in [1.29, 1.82) is 0 Å². The number of hydrogen-bond acceptors (Lipinski definition) is 3. The van der Waals surface area contributed by atoms with Gasteiger partial charge in [0.1, 0.15) is 10.6 Å². The van der Waals surface area contributed by atoms with Gasteiger partial charge in [-0.25, -0.2) is 0 Å². The molecule has 0 saturated heterocycles. The molecule has 1 saturated carbocycles. The molecule has 0 bridgehead atoms. The van der Waals surface area contributed by atoms with Crippen molar-refractivity contribution in [2.75, 3.05) is 6.61 Å². The molecule has 16 heavy (non-hydrogen) atoms. The molecule has 0 aromatic carbocycles. The van der Waals surface area contributed by atoms with Crippen molar-refractivity contribution < 1.29 is 9.53 Å². The number of hydrogen-bond donors (Lipinski definition) is 0. The zero-order valence-corrected chi connectivity index (χ0v) is 10.9. The molecule has 0 radical (unpaired) electrons. The van der Waals surface area contributed by atoms with E-state index in [0.29, 0.717) is 5.92 Å². The third kappa shape index (κ3) is 2.29. The van der Waals surface area contributed by atoms with E-state index < -0.39 is 0 Å². The van der Waals surface area contributed by atoms with Gasteiger partial charge in [0.25, 0.3) is 0 Å². The number of carbonyl (C=O) groups is 1. The minimum Gasteiger partial charge on any atom is -0.491 e. The molecule has 1 heterocycles. The van der Waals surface area contributed by atoms with Gasteiger partial charge in [-0.15, -0.1) is 11.3 Å². The molecule has 0 amide bonds. The average Bonchev–Trinajstić information content (AvgIpc) is 3.06. The lowest BCUT2D eigenvalue weighted by Crippen LogP contribution is -2.11. The molecular formula is C13H18O2S. The van der Waals surface area contributed by atoms with Crippen LogP contribution in [0.5, 0.6) is 5.75 Å². The summed E-state index contributed by atoms with van der Waals surface area (Å²) in [4.78, 5) is 12.8. The Kier molecular flexibility index (Phi) is 3.33. The summed E-state index contributed by atoms with van der Waals surface area (Å²) in [6, 6.07) is 0. The molecule has 1 aliphatic rings. The monoisotopic (exact) mass is 238 g/mol. The van der Waals surface area contributed by atoms with Crippen LogP contribution in [-0.4, -0.2) is 12.9 Å². The quantitative estimate of drug-likeness (QED) is 0.733. The van der Waals surface area contributed by atoms with Crippen LogP contribution in [-0.2, 0) is 0 Å². The normalized spacial score (nSPS) is 17.2. The Morgan fingerprint density at radius 3 is 2.75 bits per heavy atom. The summed E-state index contributed by atoms with van der Waals surface area (Å²) in [5.41, 5.74) is 1.12. The number of rotatable bonds is 5. The Morgan fingerprint density at radius 2 is 2.19 bits per heavy atom. The van der Waals surface area contributed by atoms with E-state index in [1.807, 2.05) is 13.8 Å². The standard InChI is InChI=1S/C13H18O2S/c1-8(11-4-5-11)7-15-13-9(2)10(3)16-12(13)6-14/h6,8,11H,4-5,7H2,1-3H3. The second-order valence-electron chi connectivity index (χ2n) is 4.72. The first kappa shape index (κ1) is 11.6. The van der Waals surface area contributed by atoms with Gasteiger partial charge in [0.2, 0.25) is 0 Å². The van der Waals surface area contributed by atoms with Gasteiger partial charge in [-0.05, 0) is 38.5 Å². The predicted octanol–water partition coefficient (Wildman–Crippen LogP) is 3.60. The molecule has 1 fully saturated rings. The molecule has 1 aliphatic carbocycles. The smallest absolute Gasteiger partial charge is 0.163 e. The molecule has 1 aromatic rings. The highest BCUT2D eigenvalue weighted by atomic mass is 32.1. The largest absolute Gasteiger partial charge is 0.491 e. The molecule has 0 N–H and O–H groups in total. The average molecular weight is 238 g/mol. The zero-order valence-electron chi connectivity index (χ0n) is 10.1. The summed E-state index contributed by atoms with van der Waals surface area (Å²) >= 11 is 1.52. The fourth-order valence-corrected chi connectivity index (χ4v) is 2.83. The van der Waals surface area contributed by atoms with Crippen LogP contribution in [0.15, 0.2) is 0 Å². The first-order valence-corrected chi connectivity index (χ1v) is 6.63. The van der Waals surface area contributed by atoms with E-state index in [4.69, 9.17) is 4.74 Å². The maximum atomic E-state index is 10.9. The van der Waals surface area contributed by atoms with Crippen LogP contribution in [0, 0.1) is 25.7 Å². The van der Waals surface area contributed by atoms with Crippen LogP contribution in [0.4, 0.5) is 0 Å². The van der Waals surface area contributed by atoms with Crippen LogP contribution in [0.2, 0.25) is 0 Å². The van der Waals surface area contributed by atoms with Gasteiger partial charge in [-0.1, -0.05) is 6.92 Å². The highest BCUT2D eigenvalue weighted by Crippen LogP contribution is 2.38. The van der Waals surface area contributed by atoms with E-state index in [1.165, 1.54) is 29.1 Å². The summed E-state index contributed by atoms with van der Waals surface area (Å²) in [6.07, 6.45) is 3.58. The van der Waals surface area contributed by atoms with Gasteiger partial charge < -0.3 is 4.74 Å². The third-order valence-electron chi connectivity index (χ3n) is 3.38. The molecule has 3 heteroatoms. The van der Waals surface area contributed by atoms with Gasteiger partial charge in [-0.3, -0.25) is 4.79 Å². The van der Waals surface area contributed by atoms with E-state index in [1.54, 1.807) is 0 Å². The Bertz CT molecular complexity index is 391. The predicted molar refractivity (Wildman–Crippen MR) is 66.6 cm³/mol. The molecule has 0 aliphatic heterocycles. The molecule has 2 nitrogen and oxygen atoms in total. The Labute approximate surface area is 101 Å². The SMILES string of the molecule is Cc1sc(C=O)c(OCC(C)C2CC2)c1C. The topological polar surface area (TPSA) is 26.3 Å². The molecule has 2 rings (SSSR count). The lowest BCUT2D eigenvalue weighted by molar-refractivity contribution is 0.112. The first-order valence-electron chi connectivity index (χ1n) is 5.81. The van der Waals surface area contributed by atoms with Crippen LogP contribution in [0.1, 0.15) is 39.9 Å². The van der Waals surface area contributed by atoms with Crippen molar-refractivity contribution in [2.45, 2.75) is 33.6 Å². The van der Waals surface area contributed by atoms with Crippen molar-refractivity contribution in [1.82, 2.24) is 0 Å². The van der Waals surface area contributed by atoms with E-state index in [-0.39, 0.29) is 0 Å². The van der Waals surface area contributed by atoms with E-state index in [0.717, 1.165) is 35.0 Å². The lowest BCUT2D eigenvalue weighted by atomic mass is 10.1. The fraction of sp³-hybridized carbons (Fsp3) is 0.615. The molecule has 1 aromatic heterocycles. The van der Waals surface area contributed by atoms with Gasteiger partial charge in [0.15, 0.2) is 6.29 Å². The minimum atomic E-state index is 0.610. The van der Waals surface area contributed by atoms with Crippen molar-refractivity contribution in [3.8, 4) is 5.75 Å². The van der Waals surface area contributed by atoms with Crippen molar-refractivity contribution in [2.24, 2.45) is 11.8 Å². The molecule has 88 valence electrons. The minimum absolute atomic E-state index is 0.610. The summed E-state index contributed by atoms with van der Waals surface area (Å²) in [6.45, 7) is 7.02. The number of aldehydes is 1. The van der Waals surface area contributed by atoms with Gasteiger partial charge >= 0.3 is 0 Å². The Balaban J connectivity index is 2.04. The summed E-state index contributed by atoms with van der Waals surface area (Å²) in [5.74, 6) is 2.27. The summed E-state index contributed by atoms with van der Waals surface area (Å²) < 4.78 is 5.82. The number of carbonyl (C=O) groups excluding carboxylic acids is 1. The lowest BCUT2D eigenvalue weighted by Gasteiger charge is -2.12. The van der Waals surface area contributed by atoms with E-state index >= 15 is 0 Å². The number of ether oxygens (including phenoxy) is 1. The third-order valence-corrected chi connectivity index (χ3v) is 4.49. The fourth-order valence-electron chi connectivity index (χ4n) is 1.91. The Morgan fingerprint density at radius 1 is 1.50 bits per heavy atom. The van der Waals surface area contributed by atoms with Crippen molar-refractivity contribution in [3.63, 3.8) is 0 Å². The Hall–Kier alpha value is -0.830. The van der Waals surface area contributed by atoms with Crippen molar-refractivity contribution >= 4 is 17.6 Å². The maximum Gasteiger partial charge on any atom is 0.163 e. The molecule has 0 spiro atoms. The van der Waals surface area contributed by atoms with Crippen molar-refractivity contribution in [3.05, 3.63) is 15.3 Å². The second-order valence-corrected chi connectivity index (χ2v) is 5.98. The zero-order chi connectivity index (χ0) is 11.7. The number of thiophene rings is 1. The molecular weight excluding hydrogens is 220 g/mol. The maximum absolute atomic E-state index is 10.9. The number of aryl methyl sites for hydroxylation is 1. The van der Waals surface area contributed by atoms with Crippen LogP contribution in [0.25, 0.3) is 0 Å². The van der Waals surface area contributed by atoms with Crippen LogP contribution in [0.3, 0.4) is 0 Å². The van der Waals surface area contributed by atoms with Gasteiger partial charge in [0, 0.05) is 10.4 Å². The molecule has 1 unspecified atom stereocenters. The second kappa shape index (κ2) is 4.58. The van der Waals surface area contributed by atoms with Gasteiger partial charge in [-0.2, -0.15) is 0 Å². The summed E-state index contributed by atoms with van der Waals surface area (Å²) in [5, 5.41) is 0. The van der Waals surface area contributed by atoms with E-state index in [9.17, 15) is 4.79 Å². The van der Waals surface area contributed by atoms with E-state index in [2.05, 4.69) is 6.92 Å².